The van der Waals surface area contributed by atoms with Gasteiger partial charge >= 0.3 is 6.18 Å². The van der Waals surface area contributed by atoms with E-state index < -0.39 is 23.9 Å². The van der Waals surface area contributed by atoms with Crippen LogP contribution in [0.5, 0.6) is 0 Å². The van der Waals surface area contributed by atoms with Gasteiger partial charge in [-0.15, -0.1) is 0 Å². The van der Waals surface area contributed by atoms with Crippen LogP contribution in [0.2, 0.25) is 0 Å². The van der Waals surface area contributed by atoms with Gasteiger partial charge < -0.3 is 10.2 Å². The molecule has 0 aliphatic rings. The first-order valence-corrected chi connectivity index (χ1v) is 6.06. The Morgan fingerprint density at radius 1 is 1.28 bits per heavy atom. The van der Waals surface area contributed by atoms with E-state index in [1.165, 1.54) is 19.1 Å². The van der Waals surface area contributed by atoms with Crippen molar-refractivity contribution in [3.63, 3.8) is 0 Å². The summed E-state index contributed by atoms with van der Waals surface area (Å²) in [5.41, 5.74) is -0.757. The summed E-state index contributed by atoms with van der Waals surface area (Å²) in [6.07, 6.45) is -6.71. The third kappa shape index (κ3) is 3.40. The largest absolute Gasteiger partial charge is 0.416 e. The van der Waals surface area contributed by atoms with Crippen molar-refractivity contribution in [2.24, 2.45) is 0 Å². The minimum atomic E-state index is -4.46. The Labute approximate surface area is 109 Å². The zero-order valence-corrected chi connectivity index (χ0v) is 10.7. The van der Waals surface area contributed by atoms with Crippen LogP contribution in [-0.2, 0) is 6.18 Å². The summed E-state index contributed by atoms with van der Waals surface area (Å²) in [7, 11) is 0. The Hall–Kier alpha value is -0.720. The van der Waals surface area contributed by atoms with E-state index in [1.54, 1.807) is 0 Å². The highest BCUT2D eigenvalue weighted by Gasteiger charge is 2.34. The highest BCUT2D eigenvalue weighted by atomic mass is 32.1. The van der Waals surface area contributed by atoms with E-state index >= 15 is 0 Å². The molecule has 0 amide bonds. The average Bonchev–Trinajstić information content (AvgIpc) is 2.27. The van der Waals surface area contributed by atoms with Gasteiger partial charge in [-0.3, -0.25) is 0 Å². The number of thiol groups is 1. The molecule has 18 heavy (non-hydrogen) atoms. The Bertz CT molecular complexity index is 407. The van der Waals surface area contributed by atoms with Crippen LogP contribution in [0.15, 0.2) is 18.2 Å². The fourth-order valence-electron chi connectivity index (χ4n) is 1.78. The molecule has 0 fully saturated rings. The molecule has 0 aromatic heterocycles. The smallest absolute Gasteiger partial charge is 0.390 e. The third-order valence-corrected chi connectivity index (χ3v) is 3.05. The molecule has 0 radical (unpaired) electrons. The third-order valence-electron chi connectivity index (χ3n) is 2.79. The van der Waals surface area contributed by atoms with Gasteiger partial charge in [-0.25, -0.2) is 0 Å². The van der Waals surface area contributed by atoms with Crippen molar-refractivity contribution in [3.05, 3.63) is 34.9 Å². The van der Waals surface area contributed by atoms with Crippen molar-refractivity contribution in [2.45, 2.75) is 31.7 Å². The van der Waals surface area contributed by atoms with Gasteiger partial charge in [-0.2, -0.15) is 25.8 Å². The first-order chi connectivity index (χ1) is 8.29. The van der Waals surface area contributed by atoms with E-state index in [1.807, 2.05) is 0 Å². The first-order valence-electron chi connectivity index (χ1n) is 5.42. The molecule has 6 heteroatoms. The minimum Gasteiger partial charge on any atom is -0.390 e. The highest BCUT2D eigenvalue weighted by Crippen LogP contribution is 2.35. The summed E-state index contributed by atoms with van der Waals surface area (Å²) in [5.74, 6) is 0.343. The van der Waals surface area contributed by atoms with Crippen LogP contribution in [0, 0.1) is 6.92 Å². The second-order valence-corrected chi connectivity index (χ2v) is 4.49. The van der Waals surface area contributed by atoms with Crippen LogP contribution in [-0.4, -0.2) is 22.1 Å². The molecule has 0 heterocycles. The molecule has 0 saturated carbocycles. The summed E-state index contributed by atoms with van der Waals surface area (Å²) in [6, 6.07) is 3.56. The van der Waals surface area contributed by atoms with E-state index in [2.05, 4.69) is 12.6 Å². The van der Waals surface area contributed by atoms with Crippen molar-refractivity contribution in [1.29, 1.82) is 0 Å². The monoisotopic (exact) mass is 280 g/mol. The van der Waals surface area contributed by atoms with Crippen LogP contribution in [0.25, 0.3) is 0 Å². The zero-order valence-electron chi connectivity index (χ0n) is 9.78. The lowest BCUT2D eigenvalue weighted by atomic mass is 9.94. The highest BCUT2D eigenvalue weighted by molar-refractivity contribution is 7.80. The topological polar surface area (TPSA) is 40.5 Å². The number of alkyl halides is 3. The van der Waals surface area contributed by atoms with Gasteiger partial charge in [0.05, 0.1) is 11.7 Å². The van der Waals surface area contributed by atoms with Gasteiger partial charge in [0.2, 0.25) is 0 Å². The molecule has 2 atom stereocenters. The maximum absolute atomic E-state index is 12.7. The van der Waals surface area contributed by atoms with Gasteiger partial charge in [-0.05, 0) is 36.3 Å². The Morgan fingerprint density at radius 3 is 2.39 bits per heavy atom. The SMILES string of the molecule is Cc1c(C(O)C(O)CCS)cccc1C(F)(F)F. The van der Waals surface area contributed by atoms with Crippen molar-refractivity contribution in [1.82, 2.24) is 0 Å². The van der Waals surface area contributed by atoms with Crippen LogP contribution in [0.4, 0.5) is 13.2 Å². The summed E-state index contributed by atoms with van der Waals surface area (Å²) in [6.45, 7) is 1.29. The Balaban J connectivity index is 3.11. The molecule has 0 spiro atoms. The van der Waals surface area contributed by atoms with Crippen molar-refractivity contribution in [3.8, 4) is 0 Å². The number of rotatable bonds is 4. The lowest BCUT2D eigenvalue weighted by Crippen LogP contribution is -2.21. The molecule has 1 rings (SSSR count). The summed E-state index contributed by atoms with van der Waals surface area (Å²) in [5, 5.41) is 19.4. The maximum atomic E-state index is 12.7. The Kier molecular flexibility index (Phi) is 5.07. The molecule has 1 aromatic rings. The second-order valence-electron chi connectivity index (χ2n) is 4.04. The molecule has 0 bridgehead atoms. The lowest BCUT2D eigenvalue weighted by Gasteiger charge is -2.21. The van der Waals surface area contributed by atoms with Crippen LogP contribution in [0.3, 0.4) is 0 Å². The summed E-state index contributed by atoms with van der Waals surface area (Å²) >= 11 is 3.91. The first kappa shape index (κ1) is 15.3. The number of halogens is 3. The van der Waals surface area contributed by atoms with E-state index in [0.717, 1.165) is 6.07 Å². The van der Waals surface area contributed by atoms with Crippen LogP contribution >= 0.6 is 12.6 Å². The van der Waals surface area contributed by atoms with E-state index in [9.17, 15) is 23.4 Å². The maximum Gasteiger partial charge on any atom is 0.416 e. The van der Waals surface area contributed by atoms with Gasteiger partial charge in [0, 0.05) is 0 Å². The summed E-state index contributed by atoms with van der Waals surface area (Å²) in [4.78, 5) is 0. The van der Waals surface area contributed by atoms with E-state index in [4.69, 9.17) is 0 Å². The van der Waals surface area contributed by atoms with Gasteiger partial charge in [0.15, 0.2) is 0 Å². The molecule has 1 aromatic carbocycles. The lowest BCUT2D eigenvalue weighted by molar-refractivity contribution is -0.138. The van der Waals surface area contributed by atoms with Crippen LogP contribution < -0.4 is 0 Å². The predicted octanol–water partition coefficient (Wildman–Crippen LogP) is 2.73. The predicted molar refractivity (Wildman–Crippen MR) is 65.6 cm³/mol. The molecule has 2 nitrogen and oxygen atoms in total. The molecule has 0 aliphatic heterocycles. The number of hydrogen-bond acceptors (Lipinski definition) is 3. The molecule has 0 saturated heterocycles. The molecule has 0 aliphatic carbocycles. The number of benzene rings is 1. The van der Waals surface area contributed by atoms with Gasteiger partial charge in [0.1, 0.15) is 6.10 Å². The minimum absolute atomic E-state index is 0.0595. The number of aliphatic hydroxyl groups is 2. The van der Waals surface area contributed by atoms with Crippen molar-refractivity contribution < 1.29 is 23.4 Å². The second kappa shape index (κ2) is 5.95. The zero-order chi connectivity index (χ0) is 13.9. The standard InChI is InChI=1S/C12H15F3O2S/c1-7-8(11(17)10(16)5-6-18)3-2-4-9(7)12(13,14)15/h2-4,10-11,16-18H,5-6H2,1H3. The molecular weight excluding hydrogens is 265 g/mol. The molecular formula is C12H15F3O2S. The fourth-order valence-corrected chi connectivity index (χ4v) is 2.04. The average molecular weight is 280 g/mol. The van der Waals surface area contributed by atoms with Crippen molar-refractivity contribution >= 4 is 12.6 Å². The summed E-state index contributed by atoms with van der Waals surface area (Å²) < 4.78 is 38.1. The number of hydrogen-bond donors (Lipinski definition) is 3. The van der Waals surface area contributed by atoms with E-state index in [-0.39, 0.29) is 17.5 Å². The van der Waals surface area contributed by atoms with E-state index in [0.29, 0.717) is 5.75 Å². The van der Waals surface area contributed by atoms with Crippen molar-refractivity contribution in [2.75, 3.05) is 5.75 Å². The molecule has 102 valence electrons. The number of aliphatic hydroxyl groups excluding tert-OH is 2. The molecule has 2 unspecified atom stereocenters. The molecule has 2 N–H and O–H groups in total. The Morgan fingerprint density at radius 2 is 1.89 bits per heavy atom. The van der Waals surface area contributed by atoms with Gasteiger partial charge in [0.25, 0.3) is 0 Å². The normalized spacial score (nSPS) is 15.5. The quantitative estimate of drug-likeness (QED) is 0.742. The van der Waals surface area contributed by atoms with Gasteiger partial charge in [-0.1, -0.05) is 12.1 Å². The van der Waals surface area contributed by atoms with Crippen LogP contribution in [0.1, 0.15) is 29.2 Å². The fraction of sp³-hybridized carbons (Fsp3) is 0.500.